The number of likely N-dealkylation sites (tertiary alicyclic amines) is 1. The van der Waals surface area contributed by atoms with Crippen molar-refractivity contribution < 1.29 is 14.3 Å². The van der Waals surface area contributed by atoms with E-state index in [1.807, 2.05) is 11.8 Å². The second-order valence-corrected chi connectivity index (χ2v) is 7.63. The van der Waals surface area contributed by atoms with Crippen molar-refractivity contribution in [1.29, 1.82) is 0 Å². The minimum Gasteiger partial charge on any atom is -0.372 e. The Balaban J connectivity index is 1.65. The molecule has 2 saturated heterocycles. The molecule has 1 atom stereocenters. The van der Waals surface area contributed by atoms with Gasteiger partial charge >= 0.3 is 0 Å². The van der Waals surface area contributed by atoms with E-state index in [2.05, 4.69) is 16.8 Å². The highest BCUT2D eigenvalue weighted by atomic mass is 16.5. The molecule has 3 aliphatic rings. The second kappa shape index (κ2) is 7.40. The summed E-state index contributed by atoms with van der Waals surface area (Å²) in [5.74, 6) is 1.11. The molecule has 136 valence electrons. The number of carbonyl (C=O) groups excluding carboxylic acids is 2. The van der Waals surface area contributed by atoms with Gasteiger partial charge in [0.25, 0.3) is 0 Å². The third kappa shape index (κ3) is 3.91. The monoisotopic (exact) mass is 337 g/mol. The molecule has 0 bridgehead atoms. The zero-order valence-electron chi connectivity index (χ0n) is 15.1. The average Bonchev–Trinajstić information content (AvgIpc) is 3.40. The molecule has 0 aromatic carbocycles. The van der Waals surface area contributed by atoms with Crippen LogP contribution in [-0.2, 0) is 14.3 Å². The Kier molecular flexibility index (Phi) is 5.45. The highest BCUT2D eigenvalue weighted by molar-refractivity contribution is 5.78. The van der Waals surface area contributed by atoms with Crippen LogP contribution in [0.5, 0.6) is 0 Å². The summed E-state index contributed by atoms with van der Waals surface area (Å²) in [5.41, 5.74) is -0.0614. The lowest BCUT2D eigenvalue weighted by molar-refractivity contribution is -0.141. The molecule has 0 aromatic heterocycles. The molecule has 0 radical (unpaired) electrons. The van der Waals surface area contributed by atoms with Crippen molar-refractivity contribution in [2.45, 2.75) is 44.6 Å². The van der Waals surface area contributed by atoms with Crippen LogP contribution in [0.2, 0.25) is 0 Å². The van der Waals surface area contributed by atoms with Gasteiger partial charge in [0.1, 0.15) is 6.61 Å². The molecule has 2 aliphatic heterocycles. The van der Waals surface area contributed by atoms with Crippen molar-refractivity contribution >= 4 is 11.8 Å². The van der Waals surface area contributed by atoms with E-state index in [1.54, 1.807) is 0 Å². The van der Waals surface area contributed by atoms with E-state index >= 15 is 0 Å². The molecule has 2 heterocycles. The lowest BCUT2D eigenvalue weighted by Gasteiger charge is -2.49. The van der Waals surface area contributed by atoms with Crippen LogP contribution in [0.1, 0.15) is 39.0 Å². The smallest absolute Gasteiger partial charge is 0.248 e. The molecule has 0 N–H and O–H groups in total. The Hall–Kier alpha value is -1.14. The van der Waals surface area contributed by atoms with Gasteiger partial charge < -0.3 is 14.5 Å². The molecule has 3 rings (SSSR count). The molecule has 6 nitrogen and oxygen atoms in total. The minimum atomic E-state index is -0.0614. The zero-order valence-corrected chi connectivity index (χ0v) is 15.1. The summed E-state index contributed by atoms with van der Waals surface area (Å²) < 4.78 is 5.29. The third-order valence-corrected chi connectivity index (χ3v) is 5.96. The number of piperazine rings is 1. The van der Waals surface area contributed by atoms with Gasteiger partial charge in [-0.05, 0) is 45.6 Å². The van der Waals surface area contributed by atoms with Crippen LogP contribution in [0.25, 0.3) is 0 Å². The maximum atomic E-state index is 12.5. The highest BCUT2D eigenvalue weighted by Crippen LogP contribution is 2.35. The van der Waals surface area contributed by atoms with Crippen LogP contribution in [-0.4, -0.2) is 85.0 Å². The fourth-order valence-corrected chi connectivity index (χ4v) is 3.99. The van der Waals surface area contributed by atoms with Gasteiger partial charge in [-0.3, -0.25) is 14.5 Å². The largest absolute Gasteiger partial charge is 0.372 e. The van der Waals surface area contributed by atoms with Gasteiger partial charge in [-0.15, -0.1) is 0 Å². The number of amides is 2. The molecule has 1 aliphatic carbocycles. The highest BCUT2D eigenvalue weighted by Gasteiger charge is 2.43. The SMILES string of the molecule is CCOCC(=O)N1CCN(C)[C@]2(CCC(=O)N(CC3CC3)CC2)C1. The lowest BCUT2D eigenvalue weighted by Crippen LogP contribution is -2.62. The first kappa shape index (κ1) is 17.7. The van der Waals surface area contributed by atoms with Crippen molar-refractivity contribution in [3.05, 3.63) is 0 Å². The van der Waals surface area contributed by atoms with Crippen molar-refractivity contribution in [1.82, 2.24) is 14.7 Å². The van der Waals surface area contributed by atoms with Crippen LogP contribution in [0.3, 0.4) is 0 Å². The van der Waals surface area contributed by atoms with Crippen molar-refractivity contribution in [2.24, 2.45) is 5.92 Å². The van der Waals surface area contributed by atoms with E-state index in [9.17, 15) is 9.59 Å². The predicted octanol–water partition coefficient (Wildman–Crippen LogP) is 0.958. The Morgan fingerprint density at radius 3 is 2.75 bits per heavy atom. The fourth-order valence-electron chi connectivity index (χ4n) is 3.99. The summed E-state index contributed by atoms with van der Waals surface area (Å²) in [6, 6.07) is 0. The Morgan fingerprint density at radius 2 is 2.04 bits per heavy atom. The quantitative estimate of drug-likeness (QED) is 0.750. The first-order chi connectivity index (χ1) is 11.5. The number of rotatable bonds is 5. The standard InChI is InChI=1S/C18H31N3O3/c1-3-24-13-17(23)21-11-10-19(2)18(14-21)7-6-16(22)20(9-8-18)12-15-4-5-15/h15H,3-14H2,1-2H3/t18-/m0/s1. The van der Waals surface area contributed by atoms with E-state index in [4.69, 9.17) is 4.74 Å². The Bertz CT molecular complexity index is 480. The maximum Gasteiger partial charge on any atom is 0.248 e. The van der Waals surface area contributed by atoms with Crippen molar-refractivity contribution in [3.63, 3.8) is 0 Å². The zero-order chi connectivity index (χ0) is 17.2. The van der Waals surface area contributed by atoms with E-state index in [0.29, 0.717) is 18.9 Å². The van der Waals surface area contributed by atoms with Gasteiger partial charge in [0, 0.05) is 51.3 Å². The molecule has 3 fully saturated rings. The van der Waals surface area contributed by atoms with Gasteiger partial charge in [0.15, 0.2) is 0 Å². The van der Waals surface area contributed by atoms with Gasteiger partial charge in [-0.25, -0.2) is 0 Å². The van der Waals surface area contributed by atoms with Gasteiger partial charge in [-0.1, -0.05) is 0 Å². The van der Waals surface area contributed by atoms with Crippen LogP contribution in [0.15, 0.2) is 0 Å². The molecule has 0 unspecified atom stereocenters. The third-order valence-electron chi connectivity index (χ3n) is 5.96. The first-order valence-corrected chi connectivity index (χ1v) is 9.38. The predicted molar refractivity (Wildman–Crippen MR) is 91.6 cm³/mol. The molecule has 24 heavy (non-hydrogen) atoms. The van der Waals surface area contributed by atoms with Gasteiger partial charge in [0.05, 0.1) is 0 Å². The molecule has 1 saturated carbocycles. The number of carbonyl (C=O) groups is 2. The second-order valence-electron chi connectivity index (χ2n) is 7.63. The molecule has 2 amide bonds. The summed E-state index contributed by atoms with van der Waals surface area (Å²) in [4.78, 5) is 31.2. The van der Waals surface area contributed by atoms with E-state index in [0.717, 1.165) is 51.5 Å². The normalized spacial score (nSPS) is 29.2. The number of hydrogen-bond acceptors (Lipinski definition) is 4. The van der Waals surface area contributed by atoms with Gasteiger partial charge in [0.2, 0.25) is 11.8 Å². The van der Waals surface area contributed by atoms with E-state index in [1.165, 1.54) is 12.8 Å². The number of hydrogen-bond donors (Lipinski definition) is 0. The van der Waals surface area contributed by atoms with Crippen LogP contribution >= 0.6 is 0 Å². The van der Waals surface area contributed by atoms with Gasteiger partial charge in [-0.2, -0.15) is 0 Å². The van der Waals surface area contributed by atoms with Crippen molar-refractivity contribution in [2.75, 3.05) is 53.0 Å². The molecular formula is C18H31N3O3. The first-order valence-electron chi connectivity index (χ1n) is 9.38. The molecule has 0 aromatic rings. The minimum absolute atomic E-state index is 0.0614. The average molecular weight is 337 g/mol. The lowest BCUT2D eigenvalue weighted by atomic mass is 9.86. The van der Waals surface area contributed by atoms with Crippen molar-refractivity contribution in [3.8, 4) is 0 Å². The summed E-state index contributed by atoms with van der Waals surface area (Å²) >= 11 is 0. The summed E-state index contributed by atoms with van der Waals surface area (Å²) in [7, 11) is 2.14. The van der Waals surface area contributed by atoms with E-state index in [-0.39, 0.29) is 18.1 Å². The summed E-state index contributed by atoms with van der Waals surface area (Å²) in [6.45, 7) is 6.75. The summed E-state index contributed by atoms with van der Waals surface area (Å²) in [5, 5.41) is 0. The van der Waals surface area contributed by atoms with Crippen LogP contribution in [0, 0.1) is 5.92 Å². The number of nitrogens with zero attached hydrogens (tertiary/aromatic N) is 3. The Labute approximate surface area is 145 Å². The fraction of sp³-hybridized carbons (Fsp3) is 0.889. The van der Waals surface area contributed by atoms with Crippen LogP contribution in [0.4, 0.5) is 0 Å². The molecule has 1 spiro atoms. The Morgan fingerprint density at radius 1 is 1.25 bits per heavy atom. The summed E-state index contributed by atoms with van der Waals surface area (Å²) in [6.07, 6.45) is 4.95. The van der Waals surface area contributed by atoms with E-state index < -0.39 is 0 Å². The number of likely N-dealkylation sites (N-methyl/N-ethyl adjacent to an activating group) is 1. The maximum absolute atomic E-state index is 12.5. The topological polar surface area (TPSA) is 53.1 Å². The number of ether oxygens (including phenoxy) is 1. The van der Waals surface area contributed by atoms with Crippen LogP contribution < -0.4 is 0 Å². The molecule has 6 heteroatoms. The molecular weight excluding hydrogens is 306 g/mol.